The minimum atomic E-state index is -0.669. The van der Waals surface area contributed by atoms with Gasteiger partial charge in [-0.05, 0) is 35.0 Å². The highest BCUT2D eigenvalue weighted by atomic mass is 16.6. The molecule has 0 bridgehead atoms. The summed E-state index contributed by atoms with van der Waals surface area (Å²) >= 11 is 0. The van der Waals surface area contributed by atoms with Crippen LogP contribution in [0.3, 0.4) is 0 Å². The number of ether oxygens (including phenoxy) is 1. The maximum atomic E-state index is 12.6. The monoisotopic (exact) mass is 344 g/mol. The predicted octanol–water partition coefficient (Wildman–Crippen LogP) is 4.52. The minimum absolute atomic E-state index is 0.147. The van der Waals surface area contributed by atoms with Crippen molar-refractivity contribution in [3.8, 4) is 5.75 Å². The third kappa shape index (κ3) is 2.73. The Morgan fingerprint density at radius 1 is 0.923 bits per heavy atom. The number of fused-ring (bicyclic) bond motifs is 2. The first-order valence-corrected chi connectivity index (χ1v) is 7.86. The molecule has 0 atom stereocenters. The summed E-state index contributed by atoms with van der Waals surface area (Å²) in [5, 5.41) is 13.9. The SMILES string of the molecule is O=C(Oc1c([N+](=O)[O-])ccc2cccnc12)c1ccc2ccccc2c1. The molecule has 4 rings (SSSR count). The number of hydrogen-bond donors (Lipinski definition) is 0. The molecule has 0 saturated heterocycles. The van der Waals surface area contributed by atoms with Gasteiger partial charge in [-0.2, -0.15) is 0 Å². The first-order chi connectivity index (χ1) is 12.6. The number of benzene rings is 3. The molecular formula is C20H12N2O4. The highest BCUT2D eigenvalue weighted by Crippen LogP contribution is 2.34. The predicted molar refractivity (Wildman–Crippen MR) is 97.3 cm³/mol. The van der Waals surface area contributed by atoms with Gasteiger partial charge in [0.15, 0.2) is 0 Å². The van der Waals surface area contributed by atoms with Crippen LogP contribution >= 0.6 is 0 Å². The lowest BCUT2D eigenvalue weighted by Gasteiger charge is -2.08. The van der Waals surface area contributed by atoms with Gasteiger partial charge in [-0.15, -0.1) is 0 Å². The van der Waals surface area contributed by atoms with Gasteiger partial charge < -0.3 is 4.74 Å². The molecule has 0 amide bonds. The Kier molecular flexibility index (Phi) is 3.78. The molecule has 0 aliphatic rings. The Hall–Kier alpha value is -3.80. The summed E-state index contributed by atoms with van der Waals surface area (Å²) in [6.45, 7) is 0. The van der Waals surface area contributed by atoms with Crippen molar-refractivity contribution in [2.75, 3.05) is 0 Å². The molecule has 1 heterocycles. The van der Waals surface area contributed by atoms with Gasteiger partial charge in [-0.1, -0.05) is 36.4 Å². The van der Waals surface area contributed by atoms with Crippen molar-refractivity contribution in [2.24, 2.45) is 0 Å². The van der Waals surface area contributed by atoms with Crippen molar-refractivity contribution in [3.05, 3.63) is 88.6 Å². The second-order valence-electron chi connectivity index (χ2n) is 5.70. The molecule has 26 heavy (non-hydrogen) atoms. The van der Waals surface area contributed by atoms with E-state index in [0.29, 0.717) is 10.9 Å². The van der Waals surface area contributed by atoms with Gasteiger partial charge in [-0.3, -0.25) is 15.1 Å². The number of rotatable bonds is 3. The van der Waals surface area contributed by atoms with E-state index in [4.69, 9.17) is 4.74 Å². The second kappa shape index (κ2) is 6.25. The lowest BCUT2D eigenvalue weighted by molar-refractivity contribution is -0.385. The molecule has 3 aromatic carbocycles. The fourth-order valence-corrected chi connectivity index (χ4v) is 2.82. The van der Waals surface area contributed by atoms with Crippen molar-refractivity contribution in [3.63, 3.8) is 0 Å². The largest absolute Gasteiger partial charge is 0.413 e. The molecule has 6 heteroatoms. The highest BCUT2D eigenvalue weighted by Gasteiger charge is 2.23. The van der Waals surface area contributed by atoms with Crippen molar-refractivity contribution in [1.82, 2.24) is 4.98 Å². The van der Waals surface area contributed by atoms with E-state index >= 15 is 0 Å². The second-order valence-corrected chi connectivity index (χ2v) is 5.70. The maximum Gasteiger partial charge on any atom is 0.343 e. The van der Waals surface area contributed by atoms with Crippen LogP contribution in [-0.2, 0) is 0 Å². The minimum Gasteiger partial charge on any atom is -0.413 e. The third-order valence-corrected chi connectivity index (χ3v) is 4.08. The van der Waals surface area contributed by atoms with Gasteiger partial charge in [0, 0.05) is 17.6 Å². The zero-order chi connectivity index (χ0) is 18.1. The molecule has 6 nitrogen and oxygen atoms in total. The standard InChI is InChI=1S/C20H12N2O4/c23-20(16-8-7-13-4-1-2-5-15(13)12-16)26-19-17(22(24)25)10-9-14-6-3-11-21-18(14)19/h1-12H. The number of carbonyl (C=O) groups is 1. The Morgan fingerprint density at radius 3 is 2.46 bits per heavy atom. The maximum absolute atomic E-state index is 12.6. The van der Waals surface area contributed by atoms with Crippen LogP contribution in [0.5, 0.6) is 5.75 Å². The Balaban J connectivity index is 1.79. The molecule has 0 unspecified atom stereocenters. The van der Waals surface area contributed by atoms with E-state index in [1.54, 1.807) is 30.3 Å². The summed E-state index contributed by atoms with van der Waals surface area (Å²) in [7, 11) is 0. The summed E-state index contributed by atoms with van der Waals surface area (Å²) in [5.41, 5.74) is 0.284. The van der Waals surface area contributed by atoms with Gasteiger partial charge in [0.2, 0.25) is 5.75 Å². The molecular weight excluding hydrogens is 332 g/mol. The molecule has 126 valence electrons. The Bertz CT molecular complexity index is 1170. The van der Waals surface area contributed by atoms with Gasteiger partial charge in [0.1, 0.15) is 5.52 Å². The highest BCUT2D eigenvalue weighted by molar-refractivity contribution is 5.99. The van der Waals surface area contributed by atoms with E-state index in [0.717, 1.165) is 10.8 Å². The number of nitrogens with zero attached hydrogens (tertiary/aromatic N) is 2. The summed E-state index contributed by atoms with van der Waals surface area (Å²) in [5.74, 6) is -0.816. The Labute approximate surface area is 147 Å². The summed E-state index contributed by atoms with van der Waals surface area (Å²) in [6.07, 6.45) is 1.50. The zero-order valence-electron chi connectivity index (χ0n) is 13.5. The van der Waals surface area contributed by atoms with Gasteiger partial charge in [0.05, 0.1) is 10.5 Å². The average Bonchev–Trinajstić information content (AvgIpc) is 2.67. The lowest BCUT2D eigenvalue weighted by atomic mass is 10.1. The number of nitro benzene ring substituents is 1. The summed E-state index contributed by atoms with van der Waals surface area (Å²) < 4.78 is 5.41. The quantitative estimate of drug-likeness (QED) is 0.236. The van der Waals surface area contributed by atoms with Gasteiger partial charge in [-0.25, -0.2) is 4.79 Å². The molecule has 0 spiro atoms. The molecule has 1 aromatic heterocycles. The van der Waals surface area contributed by atoms with E-state index in [1.807, 2.05) is 30.3 Å². The number of carbonyl (C=O) groups excluding carboxylic acids is 1. The summed E-state index contributed by atoms with van der Waals surface area (Å²) in [6, 6.07) is 19.1. The van der Waals surface area contributed by atoms with Crippen LogP contribution in [0.4, 0.5) is 5.69 Å². The number of hydrogen-bond acceptors (Lipinski definition) is 5. The molecule has 0 aliphatic heterocycles. The van der Waals surface area contributed by atoms with E-state index in [9.17, 15) is 14.9 Å². The van der Waals surface area contributed by atoms with Crippen molar-refractivity contribution in [2.45, 2.75) is 0 Å². The third-order valence-electron chi connectivity index (χ3n) is 4.08. The molecule has 0 fully saturated rings. The smallest absolute Gasteiger partial charge is 0.343 e. The van der Waals surface area contributed by atoms with Crippen LogP contribution in [0.2, 0.25) is 0 Å². The van der Waals surface area contributed by atoms with Crippen molar-refractivity contribution < 1.29 is 14.5 Å². The van der Waals surface area contributed by atoms with Gasteiger partial charge >= 0.3 is 11.7 Å². The van der Waals surface area contributed by atoms with Crippen LogP contribution in [0.15, 0.2) is 72.9 Å². The van der Waals surface area contributed by atoms with Crippen LogP contribution < -0.4 is 4.74 Å². The summed E-state index contributed by atoms with van der Waals surface area (Å²) in [4.78, 5) is 27.5. The molecule has 0 saturated carbocycles. The van der Waals surface area contributed by atoms with Crippen LogP contribution in [0.25, 0.3) is 21.7 Å². The molecule has 0 aliphatic carbocycles. The first-order valence-electron chi connectivity index (χ1n) is 7.86. The van der Waals surface area contributed by atoms with E-state index in [-0.39, 0.29) is 17.0 Å². The number of pyridine rings is 1. The van der Waals surface area contributed by atoms with Crippen molar-refractivity contribution in [1.29, 1.82) is 0 Å². The molecule has 0 radical (unpaired) electrons. The normalized spacial score (nSPS) is 10.8. The topological polar surface area (TPSA) is 82.3 Å². The fraction of sp³-hybridized carbons (Fsp3) is 0. The number of aromatic nitrogens is 1. The van der Waals surface area contributed by atoms with Crippen LogP contribution in [0.1, 0.15) is 10.4 Å². The Morgan fingerprint density at radius 2 is 1.65 bits per heavy atom. The zero-order valence-corrected chi connectivity index (χ0v) is 13.5. The van der Waals surface area contributed by atoms with Crippen LogP contribution in [0, 0.1) is 10.1 Å². The molecule has 4 aromatic rings. The average molecular weight is 344 g/mol. The van der Waals surface area contributed by atoms with E-state index < -0.39 is 10.9 Å². The van der Waals surface area contributed by atoms with Crippen molar-refractivity contribution >= 4 is 33.3 Å². The first kappa shape index (κ1) is 15.7. The van der Waals surface area contributed by atoms with Crippen LogP contribution in [-0.4, -0.2) is 15.9 Å². The lowest BCUT2D eigenvalue weighted by Crippen LogP contribution is -2.10. The van der Waals surface area contributed by atoms with Gasteiger partial charge in [0.25, 0.3) is 0 Å². The number of esters is 1. The molecule has 0 N–H and O–H groups in total. The number of nitro groups is 1. The fourth-order valence-electron chi connectivity index (χ4n) is 2.82. The van der Waals surface area contributed by atoms with E-state index in [1.165, 1.54) is 12.3 Å². The van der Waals surface area contributed by atoms with E-state index in [2.05, 4.69) is 4.98 Å².